The second kappa shape index (κ2) is 4.51. The van der Waals surface area contributed by atoms with Gasteiger partial charge in [-0.15, -0.1) is 0 Å². The van der Waals surface area contributed by atoms with E-state index in [4.69, 9.17) is 5.73 Å². The normalized spacial score (nSPS) is 24.8. The van der Waals surface area contributed by atoms with Crippen molar-refractivity contribution in [2.75, 3.05) is 13.1 Å². The standard InChI is InChI=1S/C11H14BrN3O/c1-7-5-15(6-9(7)13)11(16)10-8(12)3-2-4-14-10/h2-4,7,9H,5-6,13H2,1H3. The molecule has 0 spiro atoms. The summed E-state index contributed by atoms with van der Waals surface area (Å²) < 4.78 is 0.730. The lowest BCUT2D eigenvalue weighted by atomic mass is 10.1. The van der Waals surface area contributed by atoms with Crippen molar-refractivity contribution < 1.29 is 4.79 Å². The molecule has 0 bridgehead atoms. The molecule has 1 aromatic rings. The molecule has 0 radical (unpaired) electrons. The van der Waals surface area contributed by atoms with Gasteiger partial charge in [0.2, 0.25) is 0 Å². The SMILES string of the molecule is CC1CN(C(=O)c2ncccc2Br)CC1N. The number of hydrogen-bond donors (Lipinski definition) is 1. The molecule has 4 nitrogen and oxygen atoms in total. The summed E-state index contributed by atoms with van der Waals surface area (Å²) in [5, 5.41) is 0. The molecule has 2 heterocycles. The fraction of sp³-hybridized carbons (Fsp3) is 0.455. The average molecular weight is 284 g/mol. The first-order valence-corrected chi connectivity index (χ1v) is 6.04. The lowest BCUT2D eigenvalue weighted by molar-refractivity contribution is 0.0780. The summed E-state index contributed by atoms with van der Waals surface area (Å²) in [7, 11) is 0. The summed E-state index contributed by atoms with van der Waals surface area (Å²) in [5.41, 5.74) is 6.36. The Morgan fingerprint density at radius 1 is 1.62 bits per heavy atom. The number of hydrogen-bond acceptors (Lipinski definition) is 3. The zero-order valence-corrected chi connectivity index (χ0v) is 10.6. The van der Waals surface area contributed by atoms with Crippen LogP contribution in [0, 0.1) is 5.92 Å². The number of nitrogens with two attached hydrogens (primary N) is 1. The predicted octanol–water partition coefficient (Wildman–Crippen LogP) is 1.26. The van der Waals surface area contributed by atoms with Gasteiger partial charge in [0, 0.05) is 29.8 Å². The van der Waals surface area contributed by atoms with Crippen molar-refractivity contribution >= 4 is 21.8 Å². The fourth-order valence-electron chi connectivity index (χ4n) is 1.85. The molecule has 0 aromatic carbocycles. The second-order valence-electron chi connectivity index (χ2n) is 4.19. The van der Waals surface area contributed by atoms with Gasteiger partial charge >= 0.3 is 0 Å². The molecule has 5 heteroatoms. The molecule has 2 rings (SSSR count). The second-order valence-corrected chi connectivity index (χ2v) is 5.04. The Balaban J connectivity index is 2.18. The van der Waals surface area contributed by atoms with Gasteiger partial charge in [-0.05, 0) is 34.0 Å². The highest BCUT2D eigenvalue weighted by molar-refractivity contribution is 9.10. The Kier molecular flexibility index (Phi) is 3.25. The summed E-state index contributed by atoms with van der Waals surface area (Å²) in [6.45, 7) is 3.39. The van der Waals surface area contributed by atoms with Gasteiger partial charge in [0.1, 0.15) is 5.69 Å². The first-order chi connectivity index (χ1) is 7.59. The number of likely N-dealkylation sites (tertiary alicyclic amines) is 1. The quantitative estimate of drug-likeness (QED) is 0.844. The van der Waals surface area contributed by atoms with Crippen molar-refractivity contribution in [3.8, 4) is 0 Å². The van der Waals surface area contributed by atoms with Crippen LogP contribution in [0.4, 0.5) is 0 Å². The van der Waals surface area contributed by atoms with Crippen LogP contribution < -0.4 is 5.73 Å². The topological polar surface area (TPSA) is 59.2 Å². The van der Waals surface area contributed by atoms with E-state index < -0.39 is 0 Å². The van der Waals surface area contributed by atoms with E-state index >= 15 is 0 Å². The first kappa shape index (κ1) is 11.5. The van der Waals surface area contributed by atoms with Crippen LogP contribution in [-0.2, 0) is 0 Å². The predicted molar refractivity (Wildman–Crippen MR) is 65.0 cm³/mol. The minimum absolute atomic E-state index is 0.0488. The van der Waals surface area contributed by atoms with E-state index in [0.717, 1.165) is 4.47 Å². The Morgan fingerprint density at radius 3 is 2.94 bits per heavy atom. The van der Waals surface area contributed by atoms with Crippen LogP contribution in [0.2, 0.25) is 0 Å². The molecular weight excluding hydrogens is 270 g/mol. The summed E-state index contributed by atoms with van der Waals surface area (Å²) >= 11 is 3.33. The van der Waals surface area contributed by atoms with Crippen LogP contribution in [0.15, 0.2) is 22.8 Å². The lowest BCUT2D eigenvalue weighted by Gasteiger charge is -2.15. The molecule has 2 atom stereocenters. The van der Waals surface area contributed by atoms with Gasteiger partial charge < -0.3 is 10.6 Å². The Labute approximate surface area is 103 Å². The van der Waals surface area contributed by atoms with Crippen molar-refractivity contribution in [1.29, 1.82) is 0 Å². The maximum Gasteiger partial charge on any atom is 0.273 e. The van der Waals surface area contributed by atoms with E-state index in [0.29, 0.717) is 24.7 Å². The molecule has 1 amide bonds. The molecule has 16 heavy (non-hydrogen) atoms. The average Bonchev–Trinajstić information content (AvgIpc) is 2.59. The largest absolute Gasteiger partial charge is 0.335 e. The highest BCUT2D eigenvalue weighted by atomic mass is 79.9. The number of pyridine rings is 1. The third-order valence-electron chi connectivity index (χ3n) is 2.92. The molecule has 2 unspecified atom stereocenters. The Bertz CT molecular complexity index is 400. The van der Waals surface area contributed by atoms with Crippen LogP contribution in [0.5, 0.6) is 0 Å². The van der Waals surface area contributed by atoms with E-state index in [2.05, 4.69) is 27.8 Å². The zero-order valence-electron chi connectivity index (χ0n) is 9.06. The molecule has 0 aliphatic carbocycles. The van der Waals surface area contributed by atoms with Crippen molar-refractivity contribution in [2.45, 2.75) is 13.0 Å². The number of carbonyl (C=O) groups is 1. The molecule has 1 saturated heterocycles. The van der Waals surface area contributed by atoms with Gasteiger partial charge in [-0.1, -0.05) is 6.92 Å². The van der Waals surface area contributed by atoms with E-state index in [1.807, 2.05) is 6.07 Å². The molecule has 0 saturated carbocycles. The zero-order chi connectivity index (χ0) is 11.7. The summed E-state index contributed by atoms with van der Waals surface area (Å²) in [4.78, 5) is 18.0. The fourth-order valence-corrected chi connectivity index (χ4v) is 2.28. The van der Waals surface area contributed by atoms with E-state index in [1.54, 1.807) is 17.2 Å². The van der Waals surface area contributed by atoms with E-state index in [1.165, 1.54) is 0 Å². The molecule has 2 N–H and O–H groups in total. The van der Waals surface area contributed by atoms with Crippen molar-refractivity contribution in [3.63, 3.8) is 0 Å². The molecule has 1 aliphatic rings. The number of amides is 1. The minimum atomic E-state index is -0.0488. The van der Waals surface area contributed by atoms with Crippen LogP contribution >= 0.6 is 15.9 Å². The highest BCUT2D eigenvalue weighted by Crippen LogP contribution is 2.20. The van der Waals surface area contributed by atoms with Crippen LogP contribution in [0.3, 0.4) is 0 Å². The summed E-state index contributed by atoms with van der Waals surface area (Å²) in [6, 6.07) is 3.69. The number of rotatable bonds is 1. The smallest absolute Gasteiger partial charge is 0.273 e. The maximum atomic E-state index is 12.1. The number of nitrogens with zero attached hydrogens (tertiary/aromatic N) is 2. The first-order valence-electron chi connectivity index (χ1n) is 5.25. The molecule has 1 aliphatic heterocycles. The molecular formula is C11H14BrN3O. The Hall–Kier alpha value is -0.940. The lowest BCUT2D eigenvalue weighted by Crippen LogP contribution is -2.32. The number of carbonyl (C=O) groups excluding carboxylic acids is 1. The van der Waals surface area contributed by atoms with Crippen molar-refractivity contribution in [1.82, 2.24) is 9.88 Å². The van der Waals surface area contributed by atoms with E-state index in [9.17, 15) is 4.79 Å². The van der Waals surface area contributed by atoms with Crippen molar-refractivity contribution in [3.05, 3.63) is 28.5 Å². The maximum absolute atomic E-state index is 12.1. The van der Waals surface area contributed by atoms with Crippen LogP contribution in [0.1, 0.15) is 17.4 Å². The van der Waals surface area contributed by atoms with Crippen LogP contribution in [-0.4, -0.2) is 34.9 Å². The van der Waals surface area contributed by atoms with Gasteiger partial charge in [-0.25, -0.2) is 4.98 Å². The molecule has 1 fully saturated rings. The van der Waals surface area contributed by atoms with Gasteiger partial charge in [0.05, 0.1) is 0 Å². The third-order valence-corrected chi connectivity index (χ3v) is 3.56. The monoisotopic (exact) mass is 283 g/mol. The Morgan fingerprint density at radius 2 is 2.38 bits per heavy atom. The van der Waals surface area contributed by atoms with E-state index in [-0.39, 0.29) is 11.9 Å². The highest BCUT2D eigenvalue weighted by Gasteiger charge is 2.31. The summed E-state index contributed by atoms with van der Waals surface area (Å²) in [5.74, 6) is 0.304. The van der Waals surface area contributed by atoms with Crippen molar-refractivity contribution in [2.24, 2.45) is 11.7 Å². The van der Waals surface area contributed by atoms with Gasteiger partial charge in [0.15, 0.2) is 0 Å². The molecule has 86 valence electrons. The van der Waals surface area contributed by atoms with Gasteiger partial charge in [-0.3, -0.25) is 4.79 Å². The molecule has 1 aromatic heterocycles. The third kappa shape index (κ3) is 2.10. The minimum Gasteiger partial charge on any atom is -0.335 e. The van der Waals surface area contributed by atoms with Gasteiger partial charge in [0.25, 0.3) is 5.91 Å². The number of aromatic nitrogens is 1. The van der Waals surface area contributed by atoms with Crippen LogP contribution in [0.25, 0.3) is 0 Å². The summed E-state index contributed by atoms with van der Waals surface area (Å²) in [6.07, 6.45) is 1.62. The number of halogens is 1. The van der Waals surface area contributed by atoms with Gasteiger partial charge in [-0.2, -0.15) is 0 Å².